The summed E-state index contributed by atoms with van der Waals surface area (Å²) in [6.45, 7) is 2.22. The summed E-state index contributed by atoms with van der Waals surface area (Å²) in [6.07, 6.45) is 5.01. The van der Waals surface area contributed by atoms with Crippen LogP contribution in [0.2, 0.25) is 0 Å². The van der Waals surface area contributed by atoms with E-state index in [1.54, 1.807) is 6.26 Å². The van der Waals surface area contributed by atoms with Gasteiger partial charge in [0.05, 0.1) is 6.26 Å². The van der Waals surface area contributed by atoms with Crippen molar-refractivity contribution in [2.24, 2.45) is 0 Å². The fourth-order valence-electron chi connectivity index (χ4n) is 2.92. The summed E-state index contributed by atoms with van der Waals surface area (Å²) in [6, 6.07) is 11.4. The molecule has 3 heteroatoms. The lowest BCUT2D eigenvalue weighted by molar-refractivity contribution is 0.415. The largest absolute Gasteiger partial charge is 0.469 e. The van der Waals surface area contributed by atoms with Crippen LogP contribution in [0, 0.1) is 0 Å². The van der Waals surface area contributed by atoms with E-state index in [-0.39, 0.29) is 0 Å². The molecule has 3 rings (SSSR count). The van der Waals surface area contributed by atoms with Crippen LogP contribution in [0.4, 0.5) is 0 Å². The van der Waals surface area contributed by atoms with Crippen molar-refractivity contribution in [2.45, 2.75) is 38.3 Å². The molecule has 1 aliphatic carbocycles. The van der Waals surface area contributed by atoms with Gasteiger partial charge < -0.3 is 9.73 Å². The Morgan fingerprint density at radius 3 is 3.05 bits per heavy atom. The first-order valence-corrected chi connectivity index (χ1v) is 7.59. The summed E-state index contributed by atoms with van der Waals surface area (Å²) < 4.78 is 6.65. The van der Waals surface area contributed by atoms with Crippen molar-refractivity contribution in [3.05, 3.63) is 58.0 Å². The van der Waals surface area contributed by atoms with Gasteiger partial charge in [0.1, 0.15) is 5.76 Å². The normalized spacial score (nSPS) is 19.4. The molecule has 2 nitrogen and oxygen atoms in total. The minimum Gasteiger partial charge on any atom is -0.469 e. The SMILES string of the molecule is CC(Cc1ccco1)NC1CCc2c(Br)cccc21. The molecule has 1 N–H and O–H groups in total. The molecule has 1 aliphatic rings. The third-order valence-electron chi connectivity index (χ3n) is 3.79. The van der Waals surface area contributed by atoms with Gasteiger partial charge in [0.25, 0.3) is 0 Å². The number of fused-ring (bicyclic) bond motifs is 1. The minimum atomic E-state index is 0.418. The van der Waals surface area contributed by atoms with Crippen LogP contribution >= 0.6 is 15.9 Å². The first-order chi connectivity index (χ1) is 9.24. The average Bonchev–Trinajstić information content (AvgIpc) is 3.01. The monoisotopic (exact) mass is 319 g/mol. The summed E-state index contributed by atoms with van der Waals surface area (Å²) in [7, 11) is 0. The van der Waals surface area contributed by atoms with E-state index in [4.69, 9.17) is 4.42 Å². The number of benzene rings is 1. The molecule has 19 heavy (non-hydrogen) atoms. The molecule has 0 aliphatic heterocycles. The number of hydrogen-bond acceptors (Lipinski definition) is 2. The second-order valence-corrected chi connectivity index (χ2v) is 6.10. The van der Waals surface area contributed by atoms with Gasteiger partial charge in [-0.15, -0.1) is 0 Å². The molecule has 0 bridgehead atoms. The van der Waals surface area contributed by atoms with Gasteiger partial charge in [-0.3, -0.25) is 0 Å². The van der Waals surface area contributed by atoms with Crippen LogP contribution in [0.3, 0.4) is 0 Å². The molecule has 0 radical (unpaired) electrons. The van der Waals surface area contributed by atoms with Gasteiger partial charge in [-0.25, -0.2) is 0 Å². The Morgan fingerprint density at radius 2 is 2.26 bits per heavy atom. The number of halogens is 1. The van der Waals surface area contributed by atoms with Gasteiger partial charge >= 0.3 is 0 Å². The molecule has 2 unspecified atom stereocenters. The van der Waals surface area contributed by atoms with Crippen molar-refractivity contribution in [2.75, 3.05) is 0 Å². The predicted octanol–water partition coefficient (Wildman–Crippen LogP) is 4.25. The van der Waals surface area contributed by atoms with Crippen LogP contribution in [0.15, 0.2) is 45.5 Å². The molecule has 0 amide bonds. The molecule has 0 saturated carbocycles. The first-order valence-electron chi connectivity index (χ1n) is 6.80. The zero-order chi connectivity index (χ0) is 13.2. The molecule has 1 aromatic heterocycles. The maximum absolute atomic E-state index is 5.41. The number of hydrogen-bond donors (Lipinski definition) is 1. The lowest BCUT2D eigenvalue weighted by Crippen LogP contribution is -2.31. The van der Waals surface area contributed by atoms with Crippen LogP contribution in [-0.4, -0.2) is 6.04 Å². The molecule has 2 atom stereocenters. The highest BCUT2D eigenvalue weighted by molar-refractivity contribution is 9.10. The van der Waals surface area contributed by atoms with E-state index in [2.05, 4.69) is 46.4 Å². The van der Waals surface area contributed by atoms with Crippen molar-refractivity contribution in [3.63, 3.8) is 0 Å². The lowest BCUT2D eigenvalue weighted by atomic mass is 10.1. The molecule has 0 saturated heterocycles. The fraction of sp³-hybridized carbons (Fsp3) is 0.375. The smallest absolute Gasteiger partial charge is 0.105 e. The Hall–Kier alpha value is -1.06. The molecule has 1 aromatic carbocycles. The molecule has 0 fully saturated rings. The van der Waals surface area contributed by atoms with Crippen molar-refractivity contribution in [1.29, 1.82) is 0 Å². The molecule has 2 aromatic rings. The highest BCUT2D eigenvalue weighted by Gasteiger charge is 2.25. The van der Waals surface area contributed by atoms with Crippen LogP contribution in [0.25, 0.3) is 0 Å². The molecular weight excluding hydrogens is 302 g/mol. The van der Waals surface area contributed by atoms with Crippen LogP contribution in [0.5, 0.6) is 0 Å². The second-order valence-electron chi connectivity index (χ2n) is 5.25. The Morgan fingerprint density at radius 1 is 1.37 bits per heavy atom. The second kappa shape index (κ2) is 5.51. The van der Waals surface area contributed by atoms with Gasteiger partial charge in [-0.1, -0.05) is 28.1 Å². The van der Waals surface area contributed by atoms with Gasteiger partial charge in [0.15, 0.2) is 0 Å². The highest BCUT2D eigenvalue weighted by atomic mass is 79.9. The quantitative estimate of drug-likeness (QED) is 0.911. The summed E-state index contributed by atoms with van der Waals surface area (Å²) in [5.74, 6) is 1.05. The minimum absolute atomic E-state index is 0.418. The van der Waals surface area contributed by atoms with Crippen molar-refractivity contribution >= 4 is 15.9 Å². The molecule has 100 valence electrons. The van der Waals surface area contributed by atoms with Gasteiger partial charge in [-0.2, -0.15) is 0 Å². The topological polar surface area (TPSA) is 25.2 Å². The van der Waals surface area contributed by atoms with Gasteiger partial charge in [0.2, 0.25) is 0 Å². The third-order valence-corrected chi connectivity index (χ3v) is 4.53. The van der Waals surface area contributed by atoms with Crippen LogP contribution in [0.1, 0.15) is 36.3 Å². The molecule has 0 spiro atoms. The van der Waals surface area contributed by atoms with E-state index in [0.29, 0.717) is 12.1 Å². The zero-order valence-corrected chi connectivity index (χ0v) is 12.6. The van der Waals surface area contributed by atoms with E-state index in [1.807, 2.05) is 12.1 Å². The maximum atomic E-state index is 5.41. The maximum Gasteiger partial charge on any atom is 0.105 e. The number of rotatable bonds is 4. The van der Waals surface area contributed by atoms with Crippen LogP contribution in [-0.2, 0) is 12.8 Å². The zero-order valence-electron chi connectivity index (χ0n) is 11.0. The van der Waals surface area contributed by atoms with E-state index >= 15 is 0 Å². The Balaban J connectivity index is 1.68. The number of furan rings is 1. The standard InChI is InChI=1S/C16H18BrNO/c1-11(10-12-4-3-9-19-12)18-16-8-7-13-14(16)5-2-6-15(13)17/h2-6,9,11,16,18H,7-8,10H2,1H3. The van der Waals surface area contributed by atoms with E-state index < -0.39 is 0 Å². The summed E-state index contributed by atoms with van der Waals surface area (Å²) in [5.41, 5.74) is 2.91. The summed E-state index contributed by atoms with van der Waals surface area (Å²) >= 11 is 3.65. The highest BCUT2D eigenvalue weighted by Crippen LogP contribution is 2.35. The summed E-state index contributed by atoms with van der Waals surface area (Å²) in [4.78, 5) is 0. The Labute approximate surface area is 122 Å². The molecular formula is C16H18BrNO. The predicted molar refractivity (Wildman–Crippen MR) is 80.2 cm³/mol. The number of nitrogens with one attached hydrogen (secondary N) is 1. The van der Waals surface area contributed by atoms with Crippen LogP contribution < -0.4 is 5.32 Å². The average molecular weight is 320 g/mol. The van der Waals surface area contributed by atoms with E-state index in [9.17, 15) is 0 Å². The third kappa shape index (κ3) is 2.77. The van der Waals surface area contributed by atoms with Gasteiger partial charge in [-0.05, 0) is 49.1 Å². The van der Waals surface area contributed by atoms with Gasteiger partial charge in [0, 0.05) is 23.0 Å². The summed E-state index contributed by atoms with van der Waals surface area (Å²) in [5, 5.41) is 3.72. The van der Waals surface area contributed by atoms with Crippen molar-refractivity contribution < 1.29 is 4.42 Å². The van der Waals surface area contributed by atoms with E-state index in [1.165, 1.54) is 22.0 Å². The van der Waals surface area contributed by atoms with Crippen molar-refractivity contribution in [3.8, 4) is 0 Å². The fourth-order valence-corrected chi connectivity index (χ4v) is 3.50. The van der Waals surface area contributed by atoms with Crippen molar-refractivity contribution in [1.82, 2.24) is 5.32 Å². The lowest BCUT2D eigenvalue weighted by Gasteiger charge is -2.19. The molecule has 1 heterocycles. The first kappa shape index (κ1) is 12.9. The Bertz CT molecular complexity index is 550. The van der Waals surface area contributed by atoms with E-state index in [0.717, 1.165) is 18.6 Å². The Kier molecular flexibility index (Phi) is 3.76.